The number of hydrogen-bond donors (Lipinski definition) is 2. The minimum Gasteiger partial charge on any atom is -0.480 e. The number of carbonyl (C=O) groups excluding carboxylic acids is 1. The van der Waals surface area contributed by atoms with Crippen molar-refractivity contribution in [2.45, 2.75) is 33.2 Å². The highest BCUT2D eigenvalue weighted by molar-refractivity contribution is 7.98. The van der Waals surface area contributed by atoms with Gasteiger partial charge in [-0.2, -0.15) is 11.8 Å². The van der Waals surface area contributed by atoms with Gasteiger partial charge in [-0.15, -0.1) is 0 Å². The molecule has 0 bridgehead atoms. The predicted octanol–water partition coefficient (Wildman–Crippen LogP) is 2.55. The molecule has 0 aliphatic heterocycles. The van der Waals surface area contributed by atoms with Crippen LogP contribution in [0.1, 0.15) is 33.5 Å². The number of hydrogen-bond acceptors (Lipinski definition) is 3. The smallest absolute Gasteiger partial charge is 0.326 e. The molecule has 1 amide bonds. The van der Waals surface area contributed by atoms with Gasteiger partial charge in [0.15, 0.2) is 0 Å². The average Bonchev–Trinajstić information content (AvgIpc) is 2.32. The molecule has 2 N–H and O–H groups in total. The van der Waals surface area contributed by atoms with Crippen LogP contribution in [0.15, 0.2) is 12.1 Å². The van der Waals surface area contributed by atoms with Crippen LogP contribution in [0.3, 0.4) is 0 Å². The Hall–Kier alpha value is -1.49. The molecule has 0 radical (unpaired) electrons. The number of aliphatic carboxylic acids is 1. The van der Waals surface area contributed by atoms with Gasteiger partial charge in [0.1, 0.15) is 6.04 Å². The summed E-state index contributed by atoms with van der Waals surface area (Å²) in [6.07, 6.45) is 2.33. The molecule has 4 nitrogen and oxygen atoms in total. The molecule has 0 spiro atoms. The molecule has 0 aliphatic carbocycles. The van der Waals surface area contributed by atoms with Crippen LogP contribution in [0, 0.1) is 20.8 Å². The lowest BCUT2D eigenvalue weighted by molar-refractivity contribution is -0.139. The van der Waals surface area contributed by atoms with Crippen LogP contribution < -0.4 is 5.32 Å². The van der Waals surface area contributed by atoms with Gasteiger partial charge < -0.3 is 10.4 Å². The van der Waals surface area contributed by atoms with E-state index in [1.54, 1.807) is 11.8 Å². The highest BCUT2D eigenvalue weighted by atomic mass is 32.2. The number of nitrogens with one attached hydrogen (secondary N) is 1. The van der Waals surface area contributed by atoms with Crippen molar-refractivity contribution in [2.75, 3.05) is 12.0 Å². The number of carboxylic acid groups (broad SMARTS) is 1. The lowest BCUT2D eigenvalue weighted by Crippen LogP contribution is -2.41. The van der Waals surface area contributed by atoms with Gasteiger partial charge in [0, 0.05) is 5.56 Å². The molecule has 1 aromatic rings. The van der Waals surface area contributed by atoms with Crippen LogP contribution in [0.5, 0.6) is 0 Å². The Morgan fingerprint density at radius 3 is 2.25 bits per heavy atom. The van der Waals surface area contributed by atoms with E-state index in [4.69, 9.17) is 5.11 Å². The normalized spacial score (nSPS) is 12.0. The van der Waals surface area contributed by atoms with Gasteiger partial charge in [-0.05, 0) is 50.3 Å². The summed E-state index contributed by atoms with van der Waals surface area (Å²) in [7, 11) is 0. The maximum Gasteiger partial charge on any atom is 0.326 e. The number of aryl methyl sites for hydroxylation is 3. The van der Waals surface area contributed by atoms with E-state index in [1.165, 1.54) is 0 Å². The van der Waals surface area contributed by atoms with Gasteiger partial charge in [0.2, 0.25) is 0 Å². The third-order valence-electron chi connectivity index (χ3n) is 3.12. The highest BCUT2D eigenvalue weighted by Crippen LogP contribution is 2.16. The summed E-state index contributed by atoms with van der Waals surface area (Å²) in [6, 6.07) is 3.02. The quantitative estimate of drug-likeness (QED) is 0.846. The molecule has 0 saturated heterocycles. The summed E-state index contributed by atoms with van der Waals surface area (Å²) in [5, 5.41) is 11.8. The Labute approximate surface area is 124 Å². The minimum atomic E-state index is -0.991. The van der Waals surface area contributed by atoms with E-state index >= 15 is 0 Å². The Morgan fingerprint density at radius 2 is 1.80 bits per heavy atom. The highest BCUT2D eigenvalue weighted by Gasteiger charge is 2.22. The van der Waals surface area contributed by atoms with Crippen LogP contribution in [0.2, 0.25) is 0 Å². The summed E-state index contributed by atoms with van der Waals surface area (Å²) < 4.78 is 0. The fourth-order valence-corrected chi connectivity index (χ4v) is 2.73. The SMILES string of the molecule is CSCC[C@@H](NC(=O)c1c(C)cc(C)cc1C)C(=O)O. The minimum absolute atomic E-state index is 0.312. The fourth-order valence-electron chi connectivity index (χ4n) is 2.26. The van der Waals surface area contributed by atoms with E-state index in [0.29, 0.717) is 17.7 Å². The summed E-state index contributed by atoms with van der Waals surface area (Å²) in [6.45, 7) is 5.71. The van der Waals surface area contributed by atoms with Crippen LogP contribution in [0.25, 0.3) is 0 Å². The maximum atomic E-state index is 12.3. The first-order chi connectivity index (χ1) is 9.36. The molecule has 0 unspecified atom stereocenters. The summed E-state index contributed by atoms with van der Waals surface area (Å²) in [5.41, 5.74) is 3.41. The van der Waals surface area contributed by atoms with Gasteiger partial charge in [0.25, 0.3) is 5.91 Å². The zero-order valence-corrected chi connectivity index (χ0v) is 13.1. The largest absolute Gasteiger partial charge is 0.480 e. The molecule has 5 heteroatoms. The van der Waals surface area contributed by atoms with Gasteiger partial charge in [-0.25, -0.2) is 4.79 Å². The fraction of sp³-hybridized carbons (Fsp3) is 0.467. The molecule has 0 aromatic heterocycles. The Bertz CT molecular complexity index is 491. The maximum absolute atomic E-state index is 12.3. The first-order valence-electron chi connectivity index (χ1n) is 6.47. The van der Waals surface area contributed by atoms with E-state index in [0.717, 1.165) is 16.7 Å². The second-order valence-corrected chi connectivity index (χ2v) is 5.91. The third kappa shape index (κ3) is 4.27. The van der Waals surface area contributed by atoms with Crippen molar-refractivity contribution < 1.29 is 14.7 Å². The topological polar surface area (TPSA) is 66.4 Å². The van der Waals surface area contributed by atoms with Gasteiger partial charge in [-0.1, -0.05) is 17.7 Å². The number of benzene rings is 1. The van der Waals surface area contributed by atoms with E-state index in [1.807, 2.05) is 39.2 Å². The molecular formula is C15H21NO3S. The Morgan fingerprint density at radius 1 is 1.25 bits per heavy atom. The number of carbonyl (C=O) groups is 2. The lowest BCUT2D eigenvalue weighted by Gasteiger charge is -2.16. The van der Waals surface area contributed by atoms with E-state index in [2.05, 4.69) is 5.32 Å². The average molecular weight is 295 g/mol. The van der Waals surface area contributed by atoms with E-state index in [9.17, 15) is 9.59 Å². The first kappa shape index (κ1) is 16.6. The standard InChI is InChI=1S/C15H21NO3S/c1-9-7-10(2)13(11(3)8-9)14(17)16-12(15(18)19)5-6-20-4/h7-8,12H,5-6H2,1-4H3,(H,16,17)(H,18,19)/t12-/m1/s1. The zero-order valence-electron chi connectivity index (χ0n) is 12.3. The van der Waals surface area contributed by atoms with Crippen molar-refractivity contribution >= 4 is 23.6 Å². The third-order valence-corrected chi connectivity index (χ3v) is 3.76. The van der Waals surface area contributed by atoms with Crippen LogP contribution in [-0.4, -0.2) is 35.0 Å². The molecule has 0 aliphatic rings. The van der Waals surface area contributed by atoms with Crippen molar-refractivity contribution in [1.29, 1.82) is 0 Å². The molecule has 1 aromatic carbocycles. The number of rotatable bonds is 6. The lowest BCUT2D eigenvalue weighted by atomic mass is 9.99. The molecule has 20 heavy (non-hydrogen) atoms. The first-order valence-corrected chi connectivity index (χ1v) is 7.86. The second-order valence-electron chi connectivity index (χ2n) is 4.92. The van der Waals surface area contributed by atoms with Crippen LogP contribution in [-0.2, 0) is 4.79 Å². The van der Waals surface area contributed by atoms with Crippen molar-refractivity contribution in [3.05, 3.63) is 34.4 Å². The number of thioether (sulfide) groups is 1. The molecule has 0 saturated carbocycles. The molecule has 0 heterocycles. The van der Waals surface area contributed by atoms with Gasteiger partial charge in [-0.3, -0.25) is 4.79 Å². The molecule has 0 fully saturated rings. The Kier molecular flexibility index (Phi) is 6.07. The van der Waals surface area contributed by atoms with Crippen LogP contribution in [0.4, 0.5) is 0 Å². The van der Waals surface area contributed by atoms with Crippen molar-refractivity contribution in [3.8, 4) is 0 Å². The molecular weight excluding hydrogens is 274 g/mol. The van der Waals surface area contributed by atoms with Crippen molar-refractivity contribution in [3.63, 3.8) is 0 Å². The van der Waals surface area contributed by atoms with Gasteiger partial charge in [0.05, 0.1) is 0 Å². The molecule has 110 valence electrons. The predicted molar refractivity (Wildman–Crippen MR) is 82.5 cm³/mol. The summed E-state index contributed by atoms with van der Waals surface area (Å²) in [5.74, 6) is -0.605. The monoisotopic (exact) mass is 295 g/mol. The van der Waals surface area contributed by atoms with Crippen LogP contribution >= 0.6 is 11.8 Å². The van der Waals surface area contributed by atoms with Crippen molar-refractivity contribution in [1.82, 2.24) is 5.32 Å². The Balaban J connectivity index is 2.92. The van der Waals surface area contributed by atoms with Crippen molar-refractivity contribution in [2.24, 2.45) is 0 Å². The molecule has 1 rings (SSSR count). The number of carboxylic acids is 1. The van der Waals surface area contributed by atoms with E-state index < -0.39 is 12.0 Å². The van der Waals surface area contributed by atoms with E-state index in [-0.39, 0.29) is 5.91 Å². The zero-order chi connectivity index (χ0) is 15.3. The molecule has 1 atom stereocenters. The number of amides is 1. The second kappa shape index (κ2) is 7.33. The summed E-state index contributed by atoms with van der Waals surface area (Å²) in [4.78, 5) is 23.5. The summed E-state index contributed by atoms with van der Waals surface area (Å²) >= 11 is 1.56. The van der Waals surface area contributed by atoms with Gasteiger partial charge >= 0.3 is 5.97 Å².